The van der Waals surface area contributed by atoms with Crippen LogP contribution in [0.5, 0.6) is 0 Å². The fourth-order valence-electron chi connectivity index (χ4n) is 2.14. The molecule has 1 aromatic heterocycles. The van der Waals surface area contributed by atoms with E-state index in [2.05, 4.69) is 22.5 Å². The Hall–Kier alpha value is -2.26. The molecule has 0 radical (unpaired) electrons. The van der Waals surface area contributed by atoms with E-state index in [0.717, 1.165) is 12.8 Å². The number of rotatable bonds is 3. The van der Waals surface area contributed by atoms with Crippen molar-refractivity contribution >= 4 is 11.8 Å². The van der Waals surface area contributed by atoms with Gasteiger partial charge in [0.1, 0.15) is 12.2 Å². The van der Waals surface area contributed by atoms with E-state index in [1.54, 1.807) is 0 Å². The van der Waals surface area contributed by atoms with Crippen LogP contribution in [-0.2, 0) is 11.2 Å². The number of amides is 1. The van der Waals surface area contributed by atoms with Gasteiger partial charge in [-0.25, -0.2) is 4.79 Å². The van der Waals surface area contributed by atoms with E-state index in [-0.39, 0.29) is 18.4 Å². The molecule has 1 aromatic rings. The smallest absolute Gasteiger partial charge is 0.337 e. The molecular formula is C15H16N2O4. The molecule has 1 aliphatic carbocycles. The Bertz CT molecular complexity index is 679. The van der Waals surface area contributed by atoms with Gasteiger partial charge in [-0.15, -0.1) is 0 Å². The first kappa shape index (κ1) is 13.7. The maximum Gasteiger partial charge on any atom is 0.337 e. The van der Waals surface area contributed by atoms with E-state index < -0.39 is 12.0 Å². The van der Waals surface area contributed by atoms with Crippen LogP contribution >= 0.6 is 0 Å². The highest BCUT2D eigenvalue weighted by Gasteiger charge is 2.28. The van der Waals surface area contributed by atoms with Crippen molar-refractivity contribution in [2.45, 2.75) is 32.5 Å². The van der Waals surface area contributed by atoms with Crippen molar-refractivity contribution in [2.75, 3.05) is 11.9 Å². The summed E-state index contributed by atoms with van der Waals surface area (Å²) >= 11 is 0. The van der Waals surface area contributed by atoms with E-state index in [9.17, 15) is 9.59 Å². The van der Waals surface area contributed by atoms with Crippen molar-refractivity contribution in [2.24, 2.45) is 5.92 Å². The van der Waals surface area contributed by atoms with Crippen LogP contribution in [0.25, 0.3) is 0 Å². The monoisotopic (exact) mass is 288 g/mol. The first-order valence-corrected chi connectivity index (χ1v) is 7.01. The first-order chi connectivity index (χ1) is 10.2. The molecule has 0 saturated heterocycles. The van der Waals surface area contributed by atoms with Crippen LogP contribution in [0.15, 0.2) is 15.3 Å². The lowest BCUT2D eigenvalue weighted by atomic mass is 10.1. The predicted octanol–water partition coefficient (Wildman–Crippen LogP) is 1.07. The number of hydrogen-bond donors (Lipinski definition) is 2. The topological polar surface area (TPSA) is 80.6 Å². The van der Waals surface area contributed by atoms with Crippen molar-refractivity contribution < 1.29 is 13.9 Å². The molecule has 110 valence electrons. The third-order valence-electron chi connectivity index (χ3n) is 3.38. The SMILES string of the molecule is CCc1cc(=O)oc2c1C(=O)NC(OCC#CC1CC1)N2. The number of nitrogens with one attached hydrogen (secondary N) is 2. The molecule has 6 heteroatoms. The van der Waals surface area contributed by atoms with Crippen LogP contribution in [-0.4, -0.2) is 18.9 Å². The van der Waals surface area contributed by atoms with Gasteiger partial charge < -0.3 is 19.8 Å². The highest BCUT2D eigenvalue weighted by Crippen LogP contribution is 2.27. The average molecular weight is 288 g/mol. The van der Waals surface area contributed by atoms with Gasteiger partial charge in [-0.2, -0.15) is 0 Å². The van der Waals surface area contributed by atoms with Crippen molar-refractivity contribution in [1.82, 2.24) is 5.32 Å². The van der Waals surface area contributed by atoms with Crippen molar-refractivity contribution in [3.63, 3.8) is 0 Å². The number of aryl methyl sites for hydroxylation is 1. The number of carbonyl (C=O) groups is 1. The van der Waals surface area contributed by atoms with Gasteiger partial charge in [0, 0.05) is 12.0 Å². The maximum atomic E-state index is 12.1. The highest BCUT2D eigenvalue weighted by atomic mass is 16.5. The average Bonchev–Trinajstić information content (AvgIpc) is 3.26. The molecule has 1 atom stereocenters. The molecule has 0 spiro atoms. The predicted molar refractivity (Wildman–Crippen MR) is 75.7 cm³/mol. The molecule has 0 bridgehead atoms. The van der Waals surface area contributed by atoms with Gasteiger partial charge in [0.25, 0.3) is 5.91 Å². The molecule has 0 aromatic carbocycles. The Morgan fingerprint density at radius 3 is 2.90 bits per heavy atom. The van der Waals surface area contributed by atoms with Gasteiger partial charge in [-0.1, -0.05) is 18.8 Å². The van der Waals surface area contributed by atoms with Crippen molar-refractivity contribution in [3.8, 4) is 11.8 Å². The fraction of sp³-hybridized carbons (Fsp3) is 0.467. The molecule has 1 unspecified atom stereocenters. The summed E-state index contributed by atoms with van der Waals surface area (Å²) in [6, 6.07) is 1.34. The molecule has 2 heterocycles. The number of hydrogen-bond acceptors (Lipinski definition) is 5. The van der Waals surface area contributed by atoms with E-state index in [0.29, 0.717) is 23.5 Å². The summed E-state index contributed by atoms with van der Waals surface area (Å²) in [6.07, 6.45) is 2.14. The number of carbonyl (C=O) groups excluding carboxylic acids is 1. The lowest BCUT2D eigenvalue weighted by molar-refractivity contribution is 0.0535. The summed E-state index contributed by atoms with van der Waals surface area (Å²) in [4.78, 5) is 23.6. The number of fused-ring (bicyclic) bond motifs is 1. The normalized spacial score (nSPS) is 19.9. The van der Waals surface area contributed by atoms with Crippen molar-refractivity contribution in [3.05, 3.63) is 27.6 Å². The third kappa shape index (κ3) is 3.09. The van der Waals surface area contributed by atoms with Crippen LogP contribution in [0, 0.1) is 17.8 Å². The molecule has 1 saturated carbocycles. The zero-order valence-electron chi connectivity index (χ0n) is 11.7. The zero-order chi connectivity index (χ0) is 14.8. The highest BCUT2D eigenvalue weighted by molar-refractivity contribution is 6.01. The molecule has 2 aliphatic rings. The fourth-order valence-corrected chi connectivity index (χ4v) is 2.14. The summed E-state index contributed by atoms with van der Waals surface area (Å²) in [7, 11) is 0. The lowest BCUT2D eigenvalue weighted by Gasteiger charge is -2.26. The van der Waals surface area contributed by atoms with E-state index in [1.165, 1.54) is 6.07 Å². The largest absolute Gasteiger partial charge is 0.406 e. The van der Waals surface area contributed by atoms with E-state index in [4.69, 9.17) is 9.15 Å². The van der Waals surface area contributed by atoms with Crippen LogP contribution in [0.3, 0.4) is 0 Å². The minimum atomic E-state index is -0.742. The van der Waals surface area contributed by atoms with Gasteiger partial charge in [-0.3, -0.25) is 4.79 Å². The Labute approximate surface area is 121 Å². The van der Waals surface area contributed by atoms with Crippen LogP contribution in [0.4, 0.5) is 5.88 Å². The molecule has 2 N–H and O–H groups in total. The Morgan fingerprint density at radius 2 is 2.19 bits per heavy atom. The second-order valence-electron chi connectivity index (χ2n) is 5.05. The number of anilines is 1. The lowest BCUT2D eigenvalue weighted by Crippen LogP contribution is -2.47. The van der Waals surface area contributed by atoms with Gasteiger partial charge in [0.15, 0.2) is 0 Å². The second kappa shape index (κ2) is 5.62. The van der Waals surface area contributed by atoms with Crippen LogP contribution in [0.1, 0.15) is 35.7 Å². The minimum absolute atomic E-state index is 0.156. The summed E-state index contributed by atoms with van der Waals surface area (Å²) in [5.74, 6) is 6.32. The van der Waals surface area contributed by atoms with Crippen LogP contribution < -0.4 is 16.3 Å². The third-order valence-corrected chi connectivity index (χ3v) is 3.38. The summed E-state index contributed by atoms with van der Waals surface area (Å²) in [5, 5.41) is 5.53. The van der Waals surface area contributed by atoms with Crippen LogP contribution in [0.2, 0.25) is 0 Å². The molecule has 1 aliphatic heterocycles. The molecule has 3 rings (SSSR count). The maximum absolute atomic E-state index is 12.1. The van der Waals surface area contributed by atoms with E-state index in [1.807, 2.05) is 6.92 Å². The number of ether oxygens (including phenoxy) is 1. The Morgan fingerprint density at radius 1 is 1.38 bits per heavy atom. The Balaban J connectivity index is 1.72. The summed E-state index contributed by atoms with van der Waals surface area (Å²) in [6.45, 7) is 2.08. The zero-order valence-corrected chi connectivity index (χ0v) is 11.7. The van der Waals surface area contributed by atoms with Gasteiger partial charge in [-0.05, 0) is 24.8 Å². The Kier molecular flexibility index (Phi) is 3.67. The minimum Gasteiger partial charge on any atom is -0.406 e. The second-order valence-corrected chi connectivity index (χ2v) is 5.05. The first-order valence-electron chi connectivity index (χ1n) is 7.01. The molecular weight excluding hydrogens is 272 g/mol. The van der Waals surface area contributed by atoms with E-state index >= 15 is 0 Å². The standard InChI is InChI=1S/C15H16N2O4/c1-2-10-8-11(18)21-14-12(10)13(19)16-15(17-14)20-7-3-4-9-5-6-9/h8-9,15,17H,2,5-7H2,1H3,(H,16,19). The summed E-state index contributed by atoms with van der Waals surface area (Å²) < 4.78 is 10.5. The molecule has 1 fully saturated rings. The van der Waals surface area contributed by atoms with Gasteiger partial charge in [0.2, 0.25) is 12.2 Å². The quantitative estimate of drug-likeness (QED) is 0.813. The summed E-state index contributed by atoms with van der Waals surface area (Å²) in [5.41, 5.74) is 0.527. The molecule has 21 heavy (non-hydrogen) atoms. The molecule has 1 amide bonds. The van der Waals surface area contributed by atoms with Gasteiger partial charge in [0.05, 0.1) is 0 Å². The molecule has 6 nitrogen and oxygen atoms in total. The van der Waals surface area contributed by atoms with Gasteiger partial charge >= 0.3 is 5.63 Å². The van der Waals surface area contributed by atoms with Crippen molar-refractivity contribution in [1.29, 1.82) is 0 Å².